The van der Waals surface area contributed by atoms with Crippen LogP contribution < -0.4 is 0 Å². The molecule has 10 heavy (non-hydrogen) atoms. The molecule has 7 heteroatoms. The topological polar surface area (TPSA) is 66.8 Å². The van der Waals surface area contributed by atoms with Gasteiger partial charge in [-0.05, 0) is 11.8 Å². The molecule has 0 aliphatic carbocycles. The highest BCUT2D eigenvalue weighted by atomic mass is 32.5. The lowest BCUT2D eigenvalue weighted by Gasteiger charge is -2.05. The molecule has 0 saturated carbocycles. The first-order valence-corrected chi connectivity index (χ1v) is 5.86. The molecule has 0 rings (SSSR count). The van der Waals surface area contributed by atoms with Crippen LogP contribution in [0.15, 0.2) is 0 Å². The van der Waals surface area contributed by atoms with Gasteiger partial charge in [0.05, 0.1) is 0 Å². The Balaban J connectivity index is 3.39. The lowest BCUT2D eigenvalue weighted by atomic mass is 10.9. The average Bonchev–Trinajstić information content (AvgIpc) is 1.59. The maximum Gasteiger partial charge on any atom is 0.322 e. The number of hydrogen-bond donors (Lipinski definition) is 2. The lowest BCUT2D eigenvalue weighted by Crippen LogP contribution is -1.90. The molecule has 0 aliphatic heterocycles. The molecule has 0 radical (unpaired) electrons. The highest BCUT2D eigenvalue weighted by Gasteiger charge is 2.07. The fourth-order valence-electron chi connectivity index (χ4n) is 0.178. The molecule has 0 spiro atoms. The quantitative estimate of drug-likeness (QED) is 0.511. The third-order valence-electron chi connectivity index (χ3n) is 0.483. The molecule has 0 aromatic heterocycles. The molecule has 60 valence electrons. The highest BCUT2D eigenvalue weighted by Crippen LogP contribution is 2.37. The summed E-state index contributed by atoms with van der Waals surface area (Å²) in [4.78, 5) is 27.2. The smallest absolute Gasteiger partial charge is 0.322 e. The van der Waals surface area contributed by atoms with Gasteiger partial charge in [-0.15, -0.1) is 0 Å². The van der Waals surface area contributed by atoms with E-state index in [-0.39, 0.29) is 11.1 Å². The Kier molecular flexibility index (Phi) is 4.68. The van der Waals surface area contributed by atoms with Crippen LogP contribution in [0.5, 0.6) is 0 Å². The van der Waals surface area contributed by atoms with E-state index >= 15 is 0 Å². The van der Waals surface area contributed by atoms with Crippen LogP contribution in [0.25, 0.3) is 0 Å². The summed E-state index contributed by atoms with van der Waals surface area (Å²) in [6, 6.07) is 0. The van der Waals surface area contributed by atoms with Crippen LogP contribution >= 0.6 is 18.5 Å². The Morgan fingerprint density at radius 3 is 2.60 bits per heavy atom. The summed E-state index contributed by atoms with van der Waals surface area (Å²) in [5.74, 6) is -0.0976. The van der Waals surface area contributed by atoms with Crippen LogP contribution in [-0.4, -0.2) is 20.8 Å². The second-order valence-corrected chi connectivity index (χ2v) is 5.14. The van der Waals surface area contributed by atoms with Gasteiger partial charge in [0.25, 0.3) is 0 Å². The maximum absolute atomic E-state index is 10.2. The zero-order valence-corrected chi connectivity index (χ0v) is 7.71. The van der Waals surface area contributed by atoms with Gasteiger partial charge in [0.15, 0.2) is 5.12 Å². The number of hydrogen-bond acceptors (Lipinski definition) is 4. The molecule has 0 amide bonds. The van der Waals surface area contributed by atoms with Crippen molar-refractivity contribution in [3.63, 3.8) is 0 Å². The predicted molar refractivity (Wildman–Crippen MR) is 42.9 cm³/mol. The van der Waals surface area contributed by atoms with E-state index in [9.17, 15) is 4.79 Å². The molecule has 0 heterocycles. The van der Waals surface area contributed by atoms with Crippen molar-refractivity contribution in [1.29, 1.82) is 0 Å². The van der Waals surface area contributed by atoms with Crippen LogP contribution in [-0.2, 0) is 21.1 Å². The number of thioether (sulfide) groups is 1. The van der Waals surface area contributed by atoms with E-state index in [4.69, 9.17) is 9.79 Å². The monoisotopic (exact) mass is 202 g/mol. The third kappa shape index (κ3) is 8.55. The van der Waals surface area contributed by atoms with Crippen LogP contribution in [0.2, 0.25) is 0 Å². The molecule has 4 nitrogen and oxygen atoms in total. The first-order chi connectivity index (χ1) is 4.42. The summed E-state index contributed by atoms with van der Waals surface area (Å²) in [5.41, 5.74) is 0. The number of carbonyl (C=O) groups excluding carboxylic acids is 1. The van der Waals surface area contributed by atoms with Crippen LogP contribution in [0.3, 0.4) is 0 Å². The Morgan fingerprint density at radius 1 is 1.80 bits per heavy atom. The van der Waals surface area contributed by atoms with Gasteiger partial charge in [-0.3, -0.25) is 9.32 Å². The normalized spacial score (nSPS) is 11.5. The van der Waals surface area contributed by atoms with Gasteiger partial charge in [0, 0.05) is 6.92 Å². The van der Waals surface area contributed by atoms with E-state index in [1.807, 2.05) is 0 Å². The SMILES string of the molecule is CC(=O)SCOP(O)(O)=S. The second-order valence-electron chi connectivity index (χ2n) is 1.37. The molecular formula is C3H7O4PS2. The van der Waals surface area contributed by atoms with Crippen LogP contribution in [0.4, 0.5) is 0 Å². The van der Waals surface area contributed by atoms with E-state index in [1.165, 1.54) is 6.92 Å². The minimum atomic E-state index is -3.56. The molecule has 0 atom stereocenters. The van der Waals surface area contributed by atoms with Crippen LogP contribution in [0.1, 0.15) is 6.92 Å². The summed E-state index contributed by atoms with van der Waals surface area (Å²) >= 11 is 4.95. The van der Waals surface area contributed by atoms with Gasteiger partial charge in [0.2, 0.25) is 0 Å². The Morgan fingerprint density at radius 2 is 2.30 bits per heavy atom. The largest absolute Gasteiger partial charge is 0.325 e. The van der Waals surface area contributed by atoms with E-state index in [2.05, 4.69) is 16.3 Å². The molecule has 0 bridgehead atoms. The predicted octanol–water partition coefficient (Wildman–Crippen LogP) is 0.449. The van der Waals surface area contributed by atoms with E-state index in [0.717, 1.165) is 11.8 Å². The molecule has 0 unspecified atom stereocenters. The van der Waals surface area contributed by atoms with Crippen molar-refractivity contribution in [3.8, 4) is 0 Å². The molecular weight excluding hydrogens is 195 g/mol. The Labute approximate surface area is 67.8 Å². The first kappa shape index (κ1) is 10.6. The van der Waals surface area contributed by atoms with Gasteiger partial charge in [-0.2, -0.15) is 0 Å². The van der Waals surface area contributed by atoms with Crippen molar-refractivity contribution >= 4 is 35.4 Å². The minimum Gasteiger partial charge on any atom is -0.325 e. The van der Waals surface area contributed by atoms with Crippen molar-refractivity contribution in [3.05, 3.63) is 0 Å². The molecule has 0 aliphatic rings. The second kappa shape index (κ2) is 4.43. The van der Waals surface area contributed by atoms with Crippen molar-refractivity contribution in [1.82, 2.24) is 0 Å². The average molecular weight is 202 g/mol. The Hall–Kier alpha value is 0.550. The van der Waals surface area contributed by atoms with Gasteiger partial charge in [-0.25, -0.2) is 0 Å². The maximum atomic E-state index is 10.2. The van der Waals surface area contributed by atoms with Gasteiger partial charge >= 0.3 is 6.72 Å². The number of carbonyl (C=O) groups is 1. The summed E-state index contributed by atoms with van der Waals surface area (Å²) in [5, 5.41) is -0.150. The standard InChI is InChI=1S/C3H7O4PS2/c1-3(4)10-2-7-8(5,6)9/h2H2,1H3,(H2,5,6,9). The van der Waals surface area contributed by atoms with Gasteiger partial charge in [0.1, 0.15) is 5.94 Å². The summed E-state index contributed by atoms with van der Waals surface area (Å²) < 4.78 is 4.32. The van der Waals surface area contributed by atoms with Gasteiger partial charge in [-0.1, -0.05) is 11.8 Å². The van der Waals surface area contributed by atoms with Gasteiger partial charge < -0.3 is 9.79 Å². The zero-order valence-electron chi connectivity index (χ0n) is 5.18. The van der Waals surface area contributed by atoms with Crippen molar-refractivity contribution in [2.75, 3.05) is 5.94 Å². The van der Waals surface area contributed by atoms with Crippen molar-refractivity contribution < 1.29 is 19.1 Å². The molecule has 0 aromatic rings. The Bertz CT molecular complexity index is 164. The fraction of sp³-hybridized carbons (Fsp3) is 0.667. The van der Waals surface area contributed by atoms with Crippen molar-refractivity contribution in [2.45, 2.75) is 6.92 Å². The molecule has 0 fully saturated rings. The highest BCUT2D eigenvalue weighted by molar-refractivity contribution is 8.13. The van der Waals surface area contributed by atoms with E-state index in [1.54, 1.807) is 0 Å². The molecule has 0 aromatic carbocycles. The summed E-state index contributed by atoms with van der Waals surface area (Å²) in [7, 11) is 0. The summed E-state index contributed by atoms with van der Waals surface area (Å²) in [6.07, 6.45) is 0. The molecule has 0 saturated heterocycles. The minimum absolute atomic E-state index is 0.0976. The third-order valence-corrected chi connectivity index (χ3v) is 2.08. The zero-order chi connectivity index (χ0) is 8.20. The summed E-state index contributed by atoms with van der Waals surface area (Å²) in [6.45, 7) is -2.21. The first-order valence-electron chi connectivity index (χ1n) is 2.25. The fourth-order valence-corrected chi connectivity index (χ4v) is 1.49. The van der Waals surface area contributed by atoms with E-state index in [0.29, 0.717) is 0 Å². The number of rotatable bonds is 3. The van der Waals surface area contributed by atoms with Crippen LogP contribution in [0, 0.1) is 0 Å². The lowest BCUT2D eigenvalue weighted by molar-refractivity contribution is -0.109. The molecule has 2 N–H and O–H groups in total. The van der Waals surface area contributed by atoms with E-state index < -0.39 is 6.72 Å². The van der Waals surface area contributed by atoms with Crippen molar-refractivity contribution in [2.24, 2.45) is 0 Å².